The third kappa shape index (κ3) is 1.60. The number of rotatable bonds is 2. The van der Waals surface area contributed by atoms with Crippen molar-refractivity contribution < 1.29 is 4.42 Å². The number of hydrogen-bond donors (Lipinski definition) is 1. The molecule has 0 fully saturated rings. The maximum Gasteiger partial charge on any atom is 0.204 e. The fourth-order valence-electron chi connectivity index (χ4n) is 1.76. The lowest BCUT2D eigenvalue weighted by atomic mass is 10.3. The van der Waals surface area contributed by atoms with Gasteiger partial charge in [-0.3, -0.25) is 4.40 Å². The van der Waals surface area contributed by atoms with E-state index < -0.39 is 0 Å². The van der Waals surface area contributed by atoms with Crippen molar-refractivity contribution in [2.24, 2.45) is 5.73 Å². The first-order valence-electron chi connectivity index (χ1n) is 5.08. The molecule has 3 aromatic rings. The minimum atomic E-state index is 0.321. The van der Waals surface area contributed by atoms with Crippen LogP contribution < -0.4 is 5.73 Å². The number of nitrogens with two attached hydrogens (primary N) is 1. The second kappa shape index (κ2) is 3.87. The van der Waals surface area contributed by atoms with Crippen LogP contribution in [0.5, 0.6) is 0 Å². The van der Waals surface area contributed by atoms with Gasteiger partial charge in [-0.2, -0.15) is 0 Å². The lowest BCUT2D eigenvalue weighted by Crippen LogP contribution is -2.04. The van der Waals surface area contributed by atoms with Crippen molar-refractivity contribution in [2.45, 2.75) is 6.54 Å². The smallest absolute Gasteiger partial charge is 0.204 e. The van der Waals surface area contributed by atoms with E-state index in [0.717, 1.165) is 11.3 Å². The first-order chi connectivity index (χ1) is 8.29. The molecule has 0 unspecified atom stereocenters. The quantitative estimate of drug-likeness (QED) is 0.754. The van der Waals surface area contributed by atoms with Gasteiger partial charge < -0.3 is 10.2 Å². The van der Waals surface area contributed by atoms with Crippen LogP contribution in [0.3, 0.4) is 0 Å². The Hall–Kier alpha value is -1.85. The summed E-state index contributed by atoms with van der Waals surface area (Å²) in [5, 5.41) is 8.48. The molecule has 0 bridgehead atoms. The van der Waals surface area contributed by atoms with Crippen LogP contribution in [0.25, 0.3) is 17.2 Å². The van der Waals surface area contributed by atoms with Gasteiger partial charge in [-0.05, 0) is 35.9 Å². The molecule has 2 N–H and O–H groups in total. The Morgan fingerprint density at radius 3 is 2.82 bits per heavy atom. The van der Waals surface area contributed by atoms with Crippen LogP contribution in [-0.2, 0) is 6.54 Å². The van der Waals surface area contributed by atoms with Gasteiger partial charge >= 0.3 is 0 Å². The summed E-state index contributed by atoms with van der Waals surface area (Å²) in [6.07, 6.45) is 0. The van der Waals surface area contributed by atoms with Crippen LogP contribution in [0.4, 0.5) is 0 Å². The molecule has 6 heteroatoms. The second-order valence-corrected chi connectivity index (χ2v) is 3.91. The zero-order valence-corrected chi connectivity index (χ0v) is 9.55. The molecule has 86 valence electrons. The zero-order chi connectivity index (χ0) is 11.8. The highest BCUT2D eigenvalue weighted by Gasteiger charge is 2.13. The van der Waals surface area contributed by atoms with Gasteiger partial charge in [0.25, 0.3) is 0 Å². The van der Waals surface area contributed by atoms with E-state index in [2.05, 4.69) is 10.2 Å². The molecule has 3 rings (SSSR count). The number of aromatic nitrogens is 3. The van der Waals surface area contributed by atoms with E-state index >= 15 is 0 Å². The van der Waals surface area contributed by atoms with Gasteiger partial charge in [0.15, 0.2) is 16.6 Å². The van der Waals surface area contributed by atoms with Crippen LogP contribution in [0.2, 0.25) is 5.22 Å². The molecule has 0 amide bonds. The molecule has 0 spiro atoms. The van der Waals surface area contributed by atoms with E-state index in [1.165, 1.54) is 0 Å². The number of nitrogens with zero attached hydrogens (tertiary/aromatic N) is 3. The minimum Gasteiger partial charge on any atom is -0.441 e. The lowest BCUT2D eigenvalue weighted by molar-refractivity contribution is 0.578. The van der Waals surface area contributed by atoms with Gasteiger partial charge in [0.05, 0.1) is 0 Å². The van der Waals surface area contributed by atoms with Gasteiger partial charge in [0.2, 0.25) is 5.82 Å². The van der Waals surface area contributed by atoms with Gasteiger partial charge in [-0.15, -0.1) is 10.2 Å². The number of fused-ring (bicyclic) bond motifs is 1. The van der Waals surface area contributed by atoms with Crippen LogP contribution >= 0.6 is 11.6 Å². The van der Waals surface area contributed by atoms with Crippen molar-refractivity contribution >= 4 is 17.2 Å². The topological polar surface area (TPSA) is 69.3 Å². The Bertz CT molecular complexity index is 673. The van der Waals surface area contributed by atoms with E-state index in [4.69, 9.17) is 21.8 Å². The first-order valence-corrected chi connectivity index (χ1v) is 5.46. The molecule has 0 aliphatic rings. The minimum absolute atomic E-state index is 0.321. The van der Waals surface area contributed by atoms with Crippen molar-refractivity contribution in [3.05, 3.63) is 41.2 Å². The largest absolute Gasteiger partial charge is 0.441 e. The monoisotopic (exact) mass is 248 g/mol. The molecule has 0 radical (unpaired) electrons. The third-order valence-corrected chi connectivity index (χ3v) is 2.72. The number of furan rings is 1. The van der Waals surface area contributed by atoms with Gasteiger partial charge in [-0.25, -0.2) is 0 Å². The Kier molecular flexibility index (Phi) is 2.35. The summed E-state index contributed by atoms with van der Waals surface area (Å²) < 4.78 is 7.19. The molecule has 0 saturated heterocycles. The molecular weight excluding hydrogens is 240 g/mol. The van der Waals surface area contributed by atoms with Crippen molar-refractivity contribution in [2.75, 3.05) is 0 Å². The van der Waals surface area contributed by atoms with Crippen molar-refractivity contribution in [3.63, 3.8) is 0 Å². The summed E-state index contributed by atoms with van der Waals surface area (Å²) in [6.45, 7) is 0.400. The first kappa shape index (κ1) is 10.3. The van der Waals surface area contributed by atoms with E-state index in [1.54, 1.807) is 12.1 Å². The third-order valence-electron chi connectivity index (χ3n) is 2.51. The Balaban J connectivity index is 2.30. The summed E-state index contributed by atoms with van der Waals surface area (Å²) in [5.74, 6) is 1.18. The molecule has 0 aliphatic carbocycles. The van der Waals surface area contributed by atoms with Crippen LogP contribution in [-0.4, -0.2) is 14.6 Å². The average Bonchev–Trinajstić information content (AvgIpc) is 2.94. The molecule has 0 aliphatic heterocycles. The van der Waals surface area contributed by atoms with E-state index in [-0.39, 0.29) is 0 Å². The Morgan fingerprint density at radius 2 is 2.12 bits per heavy atom. The maximum atomic E-state index is 5.75. The SMILES string of the molecule is NCc1cccc2nnc(-c3ccc(Cl)o3)n12. The van der Waals surface area contributed by atoms with Crippen LogP contribution in [0.1, 0.15) is 5.69 Å². The standard InChI is InChI=1S/C11H9ClN4O/c12-9-5-4-8(17-9)11-15-14-10-3-1-2-7(6-13)16(10)11/h1-5H,6,13H2. The summed E-state index contributed by atoms with van der Waals surface area (Å²) in [7, 11) is 0. The molecule has 17 heavy (non-hydrogen) atoms. The highest BCUT2D eigenvalue weighted by molar-refractivity contribution is 6.28. The zero-order valence-electron chi connectivity index (χ0n) is 8.80. The predicted octanol–water partition coefficient (Wildman–Crippen LogP) is 2.10. The normalized spacial score (nSPS) is 11.2. The summed E-state index contributed by atoms with van der Waals surface area (Å²) in [4.78, 5) is 0. The van der Waals surface area contributed by atoms with E-state index in [0.29, 0.717) is 23.3 Å². The second-order valence-electron chi connectivity index (χ2n) is 3.54. The maximum absolute atomic E-state index is 5.75. The van der Waals surface area contributed by atoms with Gasteiger partial charge in [0, 0.05) is 12.2 Å². The van der Waals surface area contributed by atoms with Crippen LogP contribution in [0.15, 0.2) is 34.7 Å². The molecule has 0 aromatic carbocycles. The molecule has 0 atom stereocenters. The molecular formula is C11H9ClN4O. The molecule has 0 saturated carbocycles. The highest BCUT2D eigenvalue weighted by atomic mass is 35.5. The van der Waals surface area contributed by atoms with Crippen molar-refractivity contribution in [3.8, 4) is 11.6 Å². The van der Waals surface area contributed by atoms with E-state index in [1.807, 2.05) is 22.6 Å². The summed E-state index contributed by atoms with van der Waals surface area (Å²) in [6, 6.07) is 9.10. The van der Waals surface area contributed by atoms with Crippen molar-refractivity contribution in [1.82, 2.24) is 14.6 Å². The van der Waals surface area contributed by atoms with Gasteiger partial charge in [-0.1, -0.05) is 6.07 Å². The molecule has 5 nitrogen and oxygen atoms in total. The molecule has 3 aromatic heterocycles. The average molecular weight is 249 g/mol. The van der Waals surface area contributed by atoms with Crippen molar-refractivity contribution in [1.29, 1.82) is 0 Å². The number of pyridine rings is 1. The summed E-state index contributed by atoms with van der Waals surface area (Å²) in [5.41, 5.74) is 7.34. The number of halogens is 1. The lowest BCUT2D eigenvalue weighted by Gasteiger charge is -2.03. The van der Waals surface area contributed by atoms with E-state index in [9.17, 15) is 0 Å². The highest BCUT2D eigenvalue weighted by Crippen LogP contribution is 2.24. The van der Waals surface area contributed by atoms with Crippen LogP contribution in [0, 0.1) is 0 Å². The molecule has 3 heterocycles. The fraction of sp³-hybridized carbons (Fsp3) is 0.0909. The fourth-order valence-corrected chi connectivity index (χ4v) is 1.91. The Labute approximate surface area is 102 Å². The Morgan fingerprint density at radius 1 is 1.24 bits per heavy atom. The predicted molar refractivity (Wildman–Crippen MR) is 63.6 cm³/mol. The van der Waals surface area contributed by atoms with Gasteiger partial charge in [0.1, 0.15) is 0 Å². The summed E-state index contributed by atoms with van der Waals surface area (Å²) >= 11 is 5.75. The number of hydrogen-bond acceptors (Lipinski definition) is 4.